The predicted octanol–water partition coefficient (Wildman–Crippen LogP) is 4.59. The summed E-state index contributed by atoms with van der Waals surface area (Å²) in [5, 5.41) is 8.22. The lowest BCUT2D eigenvalue weighted by molar-refractivity contribution is -0.141. The number of nitrogens with one attached hydrogen (secondary N) is 2. The minimum atomic E-state index is -1.20. The number of carbonyl (C=O) groups excluding carboxylic acids is 3. The van der Waals surface area contributed by atoms with Gasteiger partial charge in [-0.15, -0.1) is 12.4 Å². The normalized spacial score (nSPS) is 21.1. The SMILES string of the molecule is COC(=O)C1=C(C)NC(=O)N(N(C=O)CCN[C@H]2CC[C@H](c3ccccc3)CC2)C1c1ccc(F)c(F)c1.Cl. The Kier molecular flexibility index (Phi) is 10.4. The van der Waals surface area contributed by atoms with Gasteiger partial charge in [-0.05, 0) is 61.8 Å². The fourth-order valence-corrected chi connectivity index (χ4v) is 5.31. The number of hydrogen-bond acceptors (Lipinski definition) is 5. The van der Waals surface area contributed by atoms with Crippen molar-refractivity contribution < 1.29 is 27.9 Å². The van der Waals surface area contributed by atoms with Crippen molar-refractivity contribution in [1.82, 2.24) is 20.7 Å². The van der Waals surface area contributed by atoms with Crippen molar-refractivity contribution in [2.24, 2.45) is 0 Å². The summed E-state index contributed by atoms with van der Waals surface area (Å²) in [7, 11) is 1.18. The quantitative estimate of drug-likeness (QED) is 0.345. The molecule has 1 heterocycles. The highest BCUT2D eigenvalue weighted by Crippen LogP contribution is 2.36. The number of rotatable bonds is 9. The molecule has 8 nitrogen and oxygen atoms in total. The molecule has 2 aromatic carbocycles. The van der Waals surface area contributed by atoms with Crippen LogP contribution in [0, 0.1) is 11.6 Å². The van der Waals surface area contributed by atoms with Gasteiger partial charge in [0.25, 0.3) is 0 Å². The summed E-state index contributed by atoms with van der Waals surface area (Å²) in [5.41, 5.74) is 1.68. The molecule has 0 saturated heterocycles. The highest BCUT2D eigenvalue weighted by Gasteiger charge is 2.41. The van der Waals surface area contributed by atoms with Gasteiger partial charge in [0.1, 0.15) is 6.04 Å². The van der Waals surface area contributed by atoms with Gasteiger partial charge >= 0.3 is 12.0 Å². The Hall–Kier alpha value is -3.50. The van der Waals surface area contributed by atoms with Crippen LogP contribution in [0.25, 0.3) is 0 Å². The number of urea groups is 1. The number of amides is 3. The minimum Gasteiger partial charge on any atom is -0.466 e. The topological polar surface area (TPSA) is 91.0 Å². The average Bonchev–Trinajstić information content (AvgIpc) is 2.93. The third kappa shape index (κ3) is 6.75. The monoisotopic (exact) mass is 562 g/mol. The summed E-state index contributed by atoms with van der Waals surface area (Å²) in [5.74, 6) is -2.44. The summed E-state index contributed by atoms with van der Waals surface area (Å²) in [6.45, 7) is 2.01. The molecule has 1 aliphatic carbocycles. The van der Waals surface area contributed by atoms with Crippen molar-refractivity contribution in [2.45, 2.75) is 50.6 Å². The molecule has 0 bridgehead atoms. The zero-order chi connectivity index (χ0) is 27.2. The second-order valence-corrected chi connectivity index (χ2v) is 9.56. The van der Waals surface area contributed by atoms with Crippen LogP contribution >= 0.6 is 12.4 Å². The van der Waals surface area contributed by atoms with Crippen LogP contribution < -0.4 is 10.6 Å². The van der Waals surface area contributed by atoms with E-state index in [1.807, 2.05) is 6.07 Å². The molecule has 1 atom stereocenters. The van der Waals surface area contributed by atoms with Crippen LogP contribution in [0.1, 0.15) is 55.7 Å². The number of ether oxygens (including phenoxy) is 1. The second-order valence-electron chi connectivity index (χ2n) is 9.56. The molecule has 1 aliphatic heterocycles. The maximum absolute atomic E-state index is 14.2. The van der Waals surface area contributed by atoms with E-state index in [1.165, 1.54) is 25.7 Å². The van der Waals surface area contributed by atoms with Crippen LogP contribution in [0.3, 0.4) is 0 Å². The van der Waals surface area contributed by atoms with E-state index in [0.717, 1.165) is 47.8 Å². The third-order valence-electron chi connectivity index (χ3n) is 7.26. The van der Waals surface area contributed by atoms with Crippen molar-refractivity contribution in [3.63, 3.8) is 0 Å². The summed E-state index contributed by atoms with van der Waals surface area (Å²) < 4.78 is 32.8. The zero-order valence-electron chi connectivity index (χ0n) is 21.9. The van der Waals surface area contributed by atoms with Crippen molar-refractivity contribution in [3.05, 3.63) is 82.6 Å². The van der Waals surface area contributed by atoms with E-state index in [2.05, 4.69) is 34.9 Å². The summed E-state index contributed by atoms with van der Waals surface area (Å²) in [4.78, 5) is 37.9. The number of halogens is 3. The van der Waals surface area contributed by atoms with E-state index >= 15 is 0 Å². The molecule has 11 heteroatoms. The number of nitrogens with zero attached hydrogens (tertiary/aromatic N) is 2. The number of hydrazine groups is 1. The first-order valence-electron chi connectivity index (χ1n) is 12.7. The maximum atomic E-state index is 14.2. The summed E-state index contributed by atoms with van der Waals surface area (Å²) >= 11 is 0. The summed E-state index contributed by atoms with van der Waals surface area (Å²) in [6.07, 6.45) is 4.56. The molecule has 210 valence electrons. The van der Waals surface area contributed by atoms with Gasteiger partial charge in [0.2, 0.25) is 6.41 Å². The molecule has 2 N–H and O–H groups in total. The first kappa shape index (κ1) is 30.0. The van der Waals surface area contributed by atoms with Crippen LogP contribution in [0.5, 0.6) is 0 Å². The van der Waals surface area contributed by atoms with E-state index in [4.69, 9.17) is 4.74 Å². The van der Waals surface area contributed by atoms with Crippen LogP contribution in [0.15, 0.2) is 59.8 Å². The highest BCUT2D eigenvalue weighted by molar-refractivity contribution is 5.95. The molecule has 39 heavy (non-hydrogen) atoms. The molecule has 3 amide bonds. The van der Waals surface area contributed by atoms with Gasteiger partial charge in [-0.3, -0.25) is 9.80 Å². The van der Waals surface area contributed by atoms with Gasteiger partial charge in [0.05, 0.1) is 19.2 Å². The van der Waals surface area contributed by atoms with Gasteiger partial charge in [0.15, 0.2) is 11.6 Å². The van der Waals surface area contributed by atoms with Gasteiger partial charge in [-0.2, -0.15) is 0 Å². The third-order valence-corrected chi connectivity index (χ3v) is 7.26. The highest BCUT2D eigenvalue weighted by atomic mass is 35.5. The minimum absolute atomic E-state index is 0. The number of benzene rings is 2. The molecule has 1 saturated carbocycles. The fraction of sp³-hybridized carbons (Fsp3) is 0.393. The van der Waals surface area contributed by atoms with E-state index in [1.54, 1.807) is 0 Å². The van der Waals surface area contributed by atoms with Crippen molar-refractivity contribution in [2.75, 3.05) is 20.2 Å². The molecule has 2 aliphatic rings. The van der Waals surface area contributed by atoms with Gasteiger partial charge < -0.3 is 15.4 Å². The van der Waals surface area contributed by atoms with Crippen LogP contribution in [-0.2, 0) is 14.3 Å². The number of carbonyl (C=O) groups is 3. The van der Waals surface area contributed by atoms with Crippen LogP contribution in [0.4, 0.5) is 13.6 Å². The van der Waals surface area contributed by atoms with Crippen LogP contribution in [0.2, 0.25) is 0 Å². The number of hydrogen-bond donors (Lipinski definition) is 2. The van der Waals surface area contributed by atoms with Crippen LogP contribution in [-0.4, -0.2) is 54.7 Å². The lowest BCUT2D eigenvalue weighted by Gasteiger charge is -2.42. The Morgan fingerprint density at radius 3 is 2.41 bits per heavy atom. The van der Waals surface area contributed by atoms with E-state index in [9.17, 15) is 23.2 Å². The van der Waals surface area contributed by atoms with Gasteiger partial charge in [0, 0.05) is 18.3 Å². The zero-order valence-corrected chi connectivity index (χ0v) is 22.7. The fourth-order valence-electron chi connectivity index (χ4n) is 5.31. The largest absolute Gasteiger partial charge is 0.466 e. The molecular weight excluding hydrogens is 530 g/mol. The molecule has 2 aromatic rings. The first-order valence-corrected chi connectivity index (χ1v) is 12.7. The predicted molar refractivity (Wildman–Crippen MR) is 144 cm³/mol. The van der Waals surface area contributed by atoms with Crippen molar-refractivity contribution >= 4 is 30.8 Å². The Bertz CT molecular complexity index is 1210. The molecule has 0 aromatic heterocycles. The van der Waals surface area contributed by atoms with Gasteiger partial charge in [-0.1, -0.05) is 36.4 Å². The molecular formula is C28H33ClF2N4O4. The molecule has 0 spiro atoms. The lowest BCUT2D eigenvalue weighted by atomic mass is 9.82. The maximum Gasteiger partial charge on any atom is 0.341 e. The first-order chi connectivity index (χ1) is 18.3. The smallest absolute Gasteiger partial charge is 0.341 e. The van der Waals surface area contributed by atoms with Gasteiger partial charge in [-0.25, -0.2) is 23.4 Å². The second kappa shape index (κ2) is 13.5. The number of allylic oxidation sites excluding steroid dienone is 1. The Labute approximate surface area is 232 Å². The van der Waals surface area contributed by atoms with Crippen molar-refractivity contribution in [3.8, 4) is 0 Å². The average molecular weight is 563 g/mol. The van der Waals surface area contributed by atoms with Crippen molar-refractivity contribution in [1.29, 1.82) is 0 Å². The Morgan fingerprint density at radius 1 is 1.10 bits per heavy atom. The Balaban J connectivity index is 0.00000420. The standard InChI is InChI=1S/C28H32F2N4O4.ClH/c1-18-25(27(36)38-2)26(21-10-13-23(29)24(30)16-21)34(28(37)32-18)33(17-35)15-14-31-22-11-8-20(9-12-22)19-6-4-3-5-7-19;/h3-7,10,13,16-17,20,22,26,31H,8-9,11-12,14-15H2,1-2H3,(H,32,37);1H/t20-,22-,26?;. The molecule has 1 fully saturated rings. The Morgan fingerprint density at radius 2 is 1.79 bits per heavy atom. The lowest BCUT2D eigenvalue weighted by Crippen LogP contribution is -2.57. The molecule has 1 unspecified atom stereocenters. The van der Waals surface area contributed by atoms with E-state index < -0.39 is 29.7 Å². The molecule has 0 radical (unpaired) electrons. The number of methoxy groups -OCH3 is 1. The van der Waals surface area contributed by atoms with E-state index in [-0.39, 0.29) is 41.8 Å². The number of esters is 1. The molecule has 4 rings (SSSR count). The summed E-state index contributed by atoms with van der Waals surface area (Å²) in [6, 6.07) is 11.9. The van der Waals surface area contributed by atoms with E-state index in [0.29, 0.717) is 18.9 Å².